The van der Waals surface area contributed by atoms with Crippen molar-refractivity contribution in [3.63, 3.8) is 0 Å². The first-order chi connectivity index (χ1) is 12.4. The van der Waals surface area contributed by atoms with Crippen LogP contribution < -0.4 is 10.1 Å². The Morgan fingerprint density at radius 3 is 2.46 bits per heavy atom. The van der Waals surface area contributed by atoms with Gasteiger partial charge in [0.05, 0.1) is 5.56 Å². The van der Waals surface area contributed by atoms with Gasteiger partial charge in [0.1, 0.15) is 18.1 Å². The molecule has 5 heteroatoms. The van der Waals surface area contributed by atoms with Crippen molar-refractivity contribution in [3.8, 4) is 5.75 Å². The lowest BCUT2D eigenvalue weighted by molar-refractivity contribution is 0.101. The smallest absolute Gasteiger partial charge is 0.278 e. The van der Waals surface area contributed by atoms with Gasteiger partial charge in [0.25, 0.3) is 5.91 Å². The topological polar surface area (TPSA) is 64.4 Å². The van der Waals surface area contributed by atoms with Crippen LogP contribution in [0.5, 0.6) is 5.75 Å². The van der Waals surface area contributed by atoms with Gasteiger partial charge in [-0.25, -0.2) is 0 Å². The molecule has 0 saturated carbocycles. The number of carbonyl (C=O) groups is 1. The Morgan fingerprint density at radius 2 is 1.77 bits per heavy atom. The second-order valence-corrected chi connectivity index (χ2v) is 6.50. The fourth-order valence-corrected chi connectivity index (χ4v) is 2.82. The molecule has 0 aliphatic rings. The molecule has 1 amide bonds. The standard InChI is InChI=1S/C21H22N2O3/c1-13-6-5-7-17(9-13)22-21(24)20-19(16(4)26-23-20)12-25-18-10-14(2)8-15(3)11-18/h5-11H,12H2,1-4H3,(H,22,24). The number of rotatable bonds is 5. The molecule has 3 rings (SSSR count). The number of aryl methyl sites for hydroxylation is 4. The van der Waals surface area contributed by atoms with Gasteiger partial charge in [-0.15, -0.1) is 0 Å². The van der Waals surface area contributed by atoms with Crippen molar-refractivity contribution in [2.45, 2.75) is 34.3 Å². The van der Waals surface area contributed by atoms with Gasteiger partial charge in [0.15, 0.2) is 5.69 Å². The molecule has 26 heavy (non-hydrogen) atoms. The van der Waals surface area contributed by atoms with E-state index in [1.54, 1.807) is 6.92 Å². The molecule has 1 heterocycles. The zero-order valence-electron chi connectivity index (χ0n) is 15.4. The van der Waals surface area contributed by atoms with E-state index in [9.17, 15) is 4.79 Å². The molecule has 1 N–H and O–H groups in total. The first kappa shape index (κ1) is 17.7. The highest BCUT2D eigenvalue weighted by Crippen LogP contribution is 2.21. The van der Waals surface area contributed by atoms with Gasteiger partial charge in [-0.3, -0.25) is 4.79 Å². The lowest BCUT2D eigenvalue weighted by Crippen LogP contribution is -2.15. The molecular formula is C21H22N2O3. The number of carbonyl (C=O) groups excluding carboxylic acids is 1. The maximum absolute atomic E-state index is 12.6. The highest BCUT2D eigenvalue weighted by atomic mass is 16.5. The van der Waals surface area contributed by atoms with Gasteiger partial charge in [0, 0.05) is 5.69 Å². The molecule has 1 aromatic heterocycles. The molecule has 0 aliphatic carbocycles. The minimum atomic E-state index is -0.313. The average Bonchev–Trinajstić information content (AvgIpc) is 2.93. The second kappa shape index (κ2) is 7.44. The molecule has 0 aliphatic heterocycles. The summed E-state index contributed by atoms with van der Waals surface area (Å²) in [5.41, 5.74) is 4.93. The third-order valence-electron chi connectivity index (χ3n) is 4.05. The van der Waals surface area contributed by atoms with Crippen molar-refractivity contribution in [2.24, 2.45) is 0 Å². The van der Waals surface area contributed by atoms with Gasteiger partial charge in [0.2, 0.25) is 0 Å². The van der Waals surface area contributed by atoms with Crippen LogP contribution in [0.25, 0.3) is 0 Å². The Kier molecular flexibility index (Phi) is 5.07. The van der Waals surface area contributed by atoms with Crippen LogP contribution in [-0.2, 0) is 6.61 Å². The summed E-state index contributed by atoms with van der Waals surface area (Å²) >= 11 is 0. The lowest BCUT2D eigenvalue weighted by atomic mass is 10.1. The normalized spacial score (nSPS) is 10.6. The van der Waals surface area contributed by atoms with Crippen molar-refractivity contribution in [1.29, 1.82) is 0 Å². The summed E-state index contributed by atoms with van der Waals surface area (Å²) in [6, 6.07) is 13.6. The number of hydrogen-bond acceptors (Lipinski definition) is 4. The molecule has 2 aromatic carbocycles. The number of amides is 1. The number of hydrogen-bond donors (Lipinski definition) is 1. The van der Waals surface area contributed by atoms with Gasteiger partial charge in [-0.2, -0.15) is 0 Å². The molecule has 0 bridgehead atoms. The summed E-state index contributed by atoms with van der Waals surface area (Å²) in [5.74, 6) is 1.02. The van der Waals surface area contributed by atoms with Crippen LogP contribution >= 0.6 is 0 Å². The summed E-state index contributed by atoms with van der Waals surface area (Å²) in [4.78, 5) is 12.6. The van der Waals surface area contributed by atoms with Crippen molar-refractivity contribution in [3.05, 3.63) is 76.2 Å². The second-order valence-electron chi connectivity index (χ2n) is 6.50. The van der Waals surface area contributed by atoms with Gasteiger partial charge in [-0.1, -0.05) is 23.4 Å². The van der Waals surface area contributed by atoms with Crippen LogP contribution in [-0.4, -0.2) is 11.1 Å². The maximum atomic E-state index is 12.6. The molecule has 0 unspecified atom stereocenters. The number of nitrogens with zero attached hydrogens (tertiary/aromatic N) is 1. The summed E-state index contributed by atoms with van der Waals surface area (Å²) in [6.45, 7) is 8.00. The molecular weight excluding hydrogens is 328 g/mol. The van der Waals surface area contributed by atoms with Crippen molar-refractivity contribution < 1.29 is 14.1 Å². The molecule has 0 spiro atoms. The third-order valence-corrected chi connectivity index (χ3v) is 4.05. The van der Waals surface area contributed by atoms with Crippen molar-refractivity contribution in [2.75, 3.05) is 5.32 Å². The molecule has 5 nitrogen and oxygen atoms in total. The zero-order chi connectivity index (χ0) is 18.7. The molecule has 0 radical (unpaired) electrons. The van der Waals surface area contributed by atoms with Crippen molar-refractivity contribution >= 4 is 11.6 Å². The minimum absolute atomic E-state index is 0.217. The van der Waals surface area contributed by atoms with Crippen LogP contribution in [0.2, 0.25) is 0 Å². The monoisotopic (exact) mass is 350 g/mol. The molecule has 0 fully saturated rings. The molecule has 0 saturated heterocycles. The summed E-state index contributed by atoms with van der Waals surface area (Å²) in [6.07, 6.45) is 0. The van der Waals surface area contributed by atoms with E-state index in [-0.39, 0.29) is 18.2 Å². The Hall–Kier alpha value is -3.08. The fourth-order valence-electron chi connectivity index (χ4n) is 2.82. The quantitative estimate of drug-likeness (QED) is 0.722. The van der Waals surface area contributed by atoms with Crippen LogP contribution in [0.4, 0.5) is 5.69 Å². The SMILES string of the molecule is Cc1cccc(NC(=O)c2noc(C)c2COc2cc(C)cc(C)c2)c1. The van der Waals surface area contributed by atoms with Gasteiger partial charge < -0.3 is 14.6 Å². The van der Waals surface area contributed by atoms with Crippen LogP contribution in [0.1, 0.15) is 38.5 Å². The predicted octanol–water partition coefficient (Wildman–Crippen LogP) is 4.74. The highest BCUT2D eigenvalue weighted by molar-refractivity contribution is 6.03. The van der Waals surface area contributed by atoms with E-state index >= 15 is 0 Å². The average molecular weight is 350 g/mol. The van der Waals surface area contributed by atoms with Crippen LogP contribution in [0.15, 0.2) is 47.0 Å². The number of anilines is 1. The van der Waals surface area contributed by atoms with E-state index in [0.717, 1.165) is 28.1 Å². The highest BCUT2D eigenvalue weighted by Gasteiger charge is 2.20. The summed E-state index contributed by atoms with van der Waals surface area (Å²) in [5, 5.41) is 6.77. The van der Waals surface area contributed by atoms with Crippen LogP contribution in [0.3, 0.4) is 0 Å². The van der Waals surface area contributed by atoms with E-state index in [2.05, 4.69) is 16.5 Å². The van der Waals surface area contributed by atoms with E-state index in [1.165, 1.54) is 0 Å². The maximum Gasteiger partial charge on any atom is 0.278 e. The Balaban J connectivity index is 1.76. The van der Waals surface area contributed by atoms with E-state index < -0.39 is 0 Å². The summed E-state index contributed by atoms with van der Waals surface area (Å²) in [7, 11) is 0. The molecule has 3 aromatic rings. The number of nitrogens with one attached hydrogen (secondary N) is 1. The number of ether oxygens (including phenoxy) is 1. The predicted molar refractivity (Wildman–Crippen MR) is 101 cm³/mol. The Bertz CT molecular complexity index is 924. The summed E-state index contributed by atoms with van der Waals surface area (Å²) < 4.78 is 11.1. The zero-order valence-corrected chi connectivity index (χ0v) is 15.4. The minimum Gasteiger partial charge on any atom is -0.489 e. The number of aromatic nitrogens is 1. The number of benzene rings is 2. The van der Waals surface area contributed by atoms with Crippen molar-refractivity contribution in [1.82, 2.24) is 5.16 Å². The molecule has 0 atom stereocenters. The van der Waals surface area contributed by atoms with E-state index in [1.807, 2.05) is 57.2 Å². The first-order valence-corrected chi connectivity index (χ1v) is 8.46. The first-order valence-electron chi connectivity index (χ1n) is 8.46. The Morgan fingerprint density at radius 1 is 1.04 bits per heavy atom. The fraction of sp³-hybridized carbons (Fsp3) is 0.238. The third kappa shape index (κ3) is 4.11. The largest absolute Gasteiger partial charge is 0.489 e. The van der Waals surface area contributed by atoms with Gasteiger partial charge in [-0.05, 0) is 68.7 Å². The Labute approximate surface area is 153 Å². The van der Waals surface area contributed by atoms with Crippen LogP contribution in [0, 0.1) is 27.7 Å². The van der Waals surface area contributed by atoms with E-state index in [4.69, 9.17) is 9.26 Å². The van der Waals surface area contributed by atoms with Gasteiger partial charge >= 0.3 is 0 Å². The lowest BCUT2D eigenvalue weighted by Gasteiger charge is -2.09. The molecule has 134 valence electrons. The van der Waals surface area contributed by atoms with E-state index in [0.29, 0.717) is 11.3 Å².